The fourth-order valence-electron chi connectivity index (χ4n) is 1.64. The lowest BCUT2D eigenvalue weighted by Crippen LogP contribution is -2.21. The summed E-state index contributed by atoms with van der Waals surface area (Å²) in [6.07, 6.45) is 2.00. The molecule has 0 aromatic heterocycles. The number of nitrogens with two attached hydrogens (primary N) is 2. The zero-order valence-electron chi connectivity index (χ0n) is 7.71. The smallest absolute Gasteiger partial charge is 0.125 e. The van der Waals surface area contributed by atoms with E-state index in [0.29, 0.717) is 0 Å². The molecule has 70 valence electrons. The van der Waals surface area contributed by atoms with Gasteiger partial charge in [0.15, 0.2) is 0 Å². The summed E-state index contributed by atoms with van der Waals surface area (Å²) in [5, 5.41) is 0. The van der Waals surface area contributed by atoms with Crippen LogP contribution >= 0.6 is 0 Å². The molecule has 0 heterocycles. The van der Waals surface area contributed by atoms with E-state index in [1.54, 1.807) is 7.11 Å². The summed E-state index contributed by atoms with van der Waals surface area (Å²) in [5.41, 5.74) is 13.4. The van der Waals surface area contributed by atoms with Crippen molar-refractivity contribution < 1.29 is 4.74 Å². The second kappa shape index (κ2) is 2.64. The Morgan fingerprint density at radius 2 is 2.08 bits per heavy atom. The maximum absolute atomic E-state index is 6.09. The maximum atomic E-state index is 6.09. The Labute approximate surface area is 77.7 Å². The molecule has 0 amide bonds. The van der Waals surface area contributed by atoms with E-state index in [1.807, 2.05) is 18.2 Å². The van der Waals surface area contributed by atoms with Gasteiger partial charge in [0, 0.05) is 16.8 Å². The topological polar surface area (TPSA) is 61.3 Å². The zero-order chi connectivity index (χ0) is 9.47. The SMILES string of the molecule is COc1cccc(N)c1C1(N)CC1. The summed E-state index contributed by atoms with van der Waals surface area (Å²) < 4.78 is 5.23. The van der Waals surface area contributed by atoms with Gasteiger partial charge >= 0.3 is 0 Å². The number of hydrogen-bond donors (Lipinski definition) is 2. The lowest BCUT2D eigenvalue weighted by atomic mass is 10.0. The molecule has 13 heavy (non-hydrogen) atoms. The minimum atomic E-state index is -0.226. The number of benzene rings is 1. The van der Waals surface area contributed by atoms with Gasteiger partial charge in [-0.15, -0.1) is 0 Å². The number of nitrogen functional groups attached to an aromatic ring is 1. The first-order valence-corrected chi connectivity index (χ1v) is 4.39. The molecule has 1 fully saturated rings. The molecule has 0 unspecified atom stereocenters. The normalized spacial score (nSPS) is 18.3. The van der Waals surface area contributed by atoms with Crippen molar-refractivity contribution in [3.05, 3.63) is 23.8 Å². The molecule has 0 radical (unpaired) electrons. The van der Waals surface area contributed by atoms with Crippen LogP contribution in [-0.2, 0) is 5.54 Å². The largest absolute Gasteiger partial charge is 0.496 e. The van der Waals surface area contributed by atoms with Crippen molar-refractivity contribution in [3.63, 3.8) is 0 Å². The van der Waals surface area contributed by atoms with Crippen molar-refractivity contribution in [1.29, 1.82) is 0 Å². The fourth-order valence-corrected chi connectivity index (χ4v) is 1.64. The number of ether oxygens (including phenoxy) is 1. The maximum Gasteiger partial charge on any atom is 0.125 e. The molecular formula is C10H14N2O. The zero-order valence-corrected chi connectivity index (χ0v) is 7.71. The van der Waals surface area contributed by atoms with Crippen molar-refractivity contribution in [2.24, 2.45) is 5.73 Å². The highest BCUT2D eigenvalue weighted by Crippen LogP contribution is 2.48. The first-order chi connectivity index (χ1) is 6.17. The van der Waals surface area contributed by atoms with Crippen LogP contribution in [-0.4, -0.2) is 7.11 Å². The highest BCUT2D eigenvalue weighted by atomic mass is 16.5. The molecule has 1 aliphatic rings. The Balaban J connectivity index is 2.52. The van der Waals surface area contributed by atoms with E-state index >= 15 is 0 Å². The molecule has 2 rings (SSSR count). The Morgan fingerprint density at radius 3 is 2.62 bits per heavy atom. The van der Waals surface area contributed by atoms with Crippen LogP contribution in [0.5, 0.6) is 5.75 Å². The second-order valence-corrected chi connectivity index (χ2v) is 3.58. The van der Waals surface area contributed by atoms with Gasteiger partial charge in [0.25, 0.3) is 0 Å². The van der Waals surface area contributed by atoms with Crippen molar-refractivity contribution >= 4 is 5.69 Å². The molecule has 3 heteroatoms. The van der Waals surface area contributed by atoms with Crippen LogP contribution in [0, 0.1) is 0 Å². The fraction of sp³-hybridized carbons (Fsp3) is 0.400. The number of hydrogen-bond acceptors (Lipinski definition) is 3. The van der Waals surface area contributed by atoms with Gasteiger partial charge in [-0.1, -0.05) is 6.07 Å². The summed E-state index contributed by atoms with van der Waals surface area (Å²) in [7, 11) is 1.64. The predicted octanol–water partition coefficient (Wildman–Crippen LogP) is 1.23. The van der Waals surface area contributed by atoms with Gasteiger partial charge in [-0.25, -0.2) is 0 Å². The van der Waals surface area contributed by atoms with Crippen molar-refractivity contribution in [2.45, 2.75) is 18.4 Å². The predicted molar refractivity (Wildman–Crippen MR) is 52.5 cm³/mol. The van der Waals surface area contributed by atoms with Gasteiger partial charge in [0.2, 0.25) is 0 Å². The van der Waals surface area contributed by atoms with E-state index in [-0.39, 0.29) is 5.54 Å². The van der Waals surface area contributed by atoms with Gasteiger partial charge in [-0.2, -0.15) is 0 Å². The highest BCUT2D eigenvalue weighted by Gasteiger charge is 2.43. The van der Waals surface area contributed by atoms with Crippen LogP contribution in [0.4, 0.5) is 5.69 Å². The third-order valence-corrected chi connectivity index (χ3v) is 2.56. The highest BCUT2D eigenvalue weighted by molar-refractivity contribution is 5.59. The standard InChI is InChI=1S/C10H14N2O/c1-13-8-4-2-3-7(11)9(8)10(12)5-6-10/h2-4H,5-6,11-12H2,1H3. The first-order valence-electron chi connectivity index (χ1n) is 4.39. The van der Waals surface area contributed by atoms with Crippen LogP contribution in [0.3, 0.4) is 0 Å². The monoisotopic (exact) mass is 178 g/mol. The molecular weight excluding hydrogens is 164 g/mol. The van der Waals surface area contributed by atoms with Crippen molar-refractivity contribution in [2.75, 3.05) is 12.8 Å². The van der Waals surface area contributed by atoms with Gasteiger partial charge < -0.3 is 16.2 Å². The quantitative estimate of drug-likeness (QED) is 0.669. The van der Waals surface area contributed by atoms with E-state index in [0.717, 1.165) is 29.8 Å². The lowest BCUT2D eigenvalue weighted by Gasteiger charge is -2.16. The molecule has 0 aliphatic heterocycles. The summed E-state index contributed by atoms with van der Waals surface area (Å²) >= 11 is 0. The Hall–Kier alpha value is -1.22. The molecule has 4 N–H and O–H groups in total. The molecule has 1 aromatic rings. The van der Waals surface area contributed by atoms with E-state index in [4.69, 9.17) is 16.2 Å². The Kier molecular flexibility index (Phi) is 1.70. The third kappa shape index (κ3) is 1.25. The number of rotatable bonds is 2. The molecule has 0 spiro atoms. The van der Waals surface area contributed by atoms with Crippen LogP contribution in [0.1, 0.15) is 18.4 Å². The number of anilines is 1. The molecule has 0 bridgehead atoms. The first kappa shape index (κ1) is 8.38. The molecule has 1 aromatic carbocycles. The van der Waals surface area contributed by atoms with Crippen molar-refractivity contribution in [1.82, 2.24) is 0 Å². The van der Waals surface area contributed by atoms with E-state index in [1.165, 1.54) is 0 Å². The molecule has 0 atom stereocenters. The van der Waals surface area contributed by atoms with E-state index < -0.39 is 0 Å². The van der Waals surface area contributed by atoms with Gasteiger partial charge in [-0.3, -0.25) is 0 Å². The Bertz CT molecular complexity index is 332. The van der Waals surface area contributed by atoms with E-state index in [9.17, 15) is 0 Å². The minimum Gasteiger partial charge on any atom is -0.496 e. The summed E-state index contributed by atoms with van der Waals surface area (Å²) in [6.45, 7) is 0. The average Bonchev–Trinajstić information content (AvgIpc) is 2.84. The number of methoxy groups -OCH3 is 1. The van der Waals surface area contributed by atoms with E-state index in [2.05, 4.69) is 0 Å². The van der Waals surface area contributed by atoms with Gasteiger partial charge in [0.1, 0.15) is 5.75 Å². The molecule has 1 saturated carbocycles. The molecule has 0 saturated heterocycles. The molecule has 1 aliphatic carbocycles. The van der Waals surface area contributed by atoms with Gasteiger partial charge in [-0.05, 0) is 25.0 Å². The Morgan fingerprint density at radius 1 is 1.38 bits per heavy atom. The van der Waals surface area contributed by atoms with Crippen LogP contribution in [0.2, 0.25) is 0 Å². The second-order valence-electron chi connectivity index (χ2n) is 3.58. The van der Waals surface area contributed by atoms with Crippen LogP contribution in [0.15, 0.2) is 18.2 Å². The van der Waals surface area contributed by atoms with Crippen LogP contribution in [0.25, 0.3) is 0 Å². The minimum absolute atomic E-state index is 0.226. The third-order valence-electron chi connectivity index (χ3n) is 2.56. The molecule has 3 nitrogen and oxygen atoms in total. The summed E-state index contributed by atoms with van der Waals surface area (Å²) in [5.74, 6) is 0.806. The van der Waals surface area contributed by atoms with Gasteiger partial charge in [0.05, 0.1) is 7.11 Å². The average molecular weight is 178 g/mol. The van der Waals surface area contributed by atoms with Crippen molar-refractivity contribution in [3.8, 4) is 5.75 Å². The summed E-state index contributed by atoms with van der Waals surface area (Å²) in [6, 6.07) is 5.65. The lowest BCUT2D eigenvalue weighted by molar-refractivity contribution is 0.405. The van der Waals surface area contributed by atoms with Crippen LogP contribution < -0.4 is 16.2 Å². The summed E-state index contributed by atoms with van der Waals surface area (Å²) in [4.78, 5) is 0.